The van der Waals surface area contributed by atoms with E-state index in [9.17, 15) is 9.59 Å². The van der Waals surface area contributed by atoms with Crippen LogP contribution in [0.25, 0.3) is 0 Å². The second kappa shape index (κ2) is 6.03. The first-order valence-corrected chi connectivity index (χ1v) is 5.69. The number of para-hydroxylation sites is 1. The topological polar surface area (TPSA) is 66.4 Å². The van der Waals surface area contributed by atoms with Crippen molar-refractivity contribution in [2.24, 2.45) is 5.92 Å². The van der Waals surface area contributed by atoms with E-state index in [-0.39, 0.29) is 17.4 Å². The molecule has 0 aromatic heterocycles. The highest BCUT2D eigenvalue weighted by atomic mass is 16.4. The van der Waals surface area contributed by atoms with Crippen LogP contribution in [-0.4, -0.2) is 17.0 Å². The molecule has 1 atom stereocenters. The first-order chi connectivity index (χ1) is 8.06. The molecule has 0 aliphatic rings. The van der Waals surface area contributed by atoms with Gasteiger partial charge in [-0.1, -0.05) is 32.4 Å². The number of carbonyl (C=O) groups is 2. The Morgan fingerprint density at radius 1 is 1.35 bits per heavy atom. The molecule has 2 N–H and O–H groups in total. The van der Waals surface area contributed by atoms with E-state index in [0.29, 0.717) is 5.69 Å². The first-order valence-electron chi connectivity index (χ1n) is 5.69. The lowest BCUT2D eigenvalue weighted by atomic mass is 10.0. The maximum atomic E-state index is 11.8. The smallest absolute Gasteiger partial charge is 0.337 e. The van der Waals surface area contributed by atoms with Gasteiger partial charge in [-0.15, -0.1) is 0 Å². The zero-order chi connectivity index (χ0) is 12.8. The van der Waals surface area contributed by atoms with Crippen LogP contribution in [0.15, 0.2) is 24.3 Å². The minimum Gasteiger partial charge on any atom is -0.478 e. The zero-order valence-electron chi connectivity index (χ0n) is 10.1. The fourth-order valence-electron chi connectivity index (χ4n) is 1.60. The number of anilines is 1. The van der Waals surface area contributed by atoms with Gasteiger partial charge in [0.1, 0.15) is 0 Å². The molecule has 0 bridgehead atoms. The summed E-state index contributed by atoms with van der Waals surface area (Å²) in [5.74, 6) is -1.29. The molecule has 92 valence electrons. The lowest BCUT2D eigenvalue weighted by Gasteiger charge is -2.12. The van der Waals surface area contributed by atoms with E-state index in [1.165, 1.54) is 6.07 Å². The van der Waals surface area contributed by atoms with Crippen molar-refractivity contribution >= 4 is 17.6 Å². The Kier molecular flexibility index (Phi) is 4.69. The summed E-state index contributed by atoms with van der Waals surface area (Å²) in [4.78, 5) is 22.7. The van der Waals surface area contributed by atoms with Crippen LogP contribution < -0.4 is 5.32 Å². The lowest BCUT2D eigenvalue weighted by Crippen LogP contribution is -2.21. The molecule has 0 aliphatic heterocycles. The van der Waals surface area contributed by atoms with Crippen LogP contribution in [0.1, 0.15) is 37.0 Å². The van der Waals surface area contributed by atoms with Crippen LogP contribution in [-0.2, 0) is 4.79 Å². The molecule has 0 aliphatic carbocycles. The van der Waals surface area contributed by atoms with E-state index in [0.717, 1.165) is 12.8 Å². The van der Waals surface area contributed by atoms with E-state index in [2.05, 4.69) is 5.32 Å². The summed E-state index contributed by atoms with van der Waals surface area (Å²) in [6.45, 7) is 3.84. The Morgan fingerprint density at radius 2 is 2.00 bits per heavy atom. The second-order valence-electron chi connectivity index (χ2n) is 4.03. The van der Waals surface area contributed by atoms with Crippen molar-refractivity contribution in [1.29, 1.82) is 0 Å². The molecule has 0 heterocycles. The Morgan fingerprint density at radius 3 is 2.59 bits per heavy atom. The largest absolute Gasteiger partial charge is 0.478 e. The van der Waals surface area contributed by atoms with Gasteiger partial charge in [0.2, 0.25) is 5.91 Å². The van der Waals surface area contributed by atoms with Gasteiger partial charge < -0.3 is 10.4 Å². The molecule has 17 heavy (non-hydrogen) atoms. The molecule has 0 spiro atoms. The quantitative estimate of drug-likeness (QED) is 0.824. The molecule has 1 aromatic carbocycles. The number of hydrogen-bond donors (Lipinski definition) is 2. The molecule has 4 heteroatoms. The van der Waals surface area contributed by atoms with E-state index >= 15 is 0 Å². The number of aromatic carboxylic acids is 1. The van der Waals surface area contributed by atoms with Crippen LogP contribution in [0.5, 0.6) is 0 Å². The van der Waals surface area contributed by atoms with Crippen molar-refractivity contribution in [2.75, 3.05) is 5.32 Å². The number of amides is 1. The maximum Gasteiger partial charge on any atom is 0.337 e. The third kappa shape index (κ3) is 3.59. The van der Waals surface area contributed by atoms with Gasteiger partial charge in [-0.05, 0) is 18.6 Å². The van der Waals surface area contributed by atoms with E-state index in [4.69, 9.17) is 5.11 Å². The number of carbonyl (C=O) groups excluding carboxylic acids is 1. The summed E-state index contributed by atoms with van der Waals surface area (Å²) in [5.41, 5.74) is 0.470. The van der Waals surface area contributed by atoms with Crippen molar-refractivity contribution in [1.82, 2.24) is 0 Å². The van der Waals surface area contributed by atoms with Gasteiger partial charge >= 0.3 is 5.97 Å². The summed E-state index contributed by atoms with van der Waals surface area (Å²) >= 11 is 0. The highest BCUT2D eigenvalue weighted by Gasteiger charge is 2.15. The van der Waals surface area contributed by atoms with E-state index < -0.39 is 5.97 Å². The number of carboxylic acid groups (broad SMARTS) is 1. The number of carboxylic acids is 1. The Hall–Kier alpha value is -1.84. The average Bonchev–Trinajstić information content (AvgIpc) is 2.29. The molecule has 0 radical (unpaired) electrons. The molecule has 1 unspecified atom stereocenters. The standard InChI is InChI=1S/C13H17NO3/c1-3-6-9(2)12(15)14-11-8-5-4-7-10(11)13(16)17/h4-5,7-9H,3,6H2,1-2H3,(H,14,15)(H,16,17). The average molecular weight is 235 g/mol. The van der Waals surface area contributed by atoms with Gasteiger partial charge in [-0.3, -0.25) is 4.79 Å². The summed E-state index contributed by atoms with van der Waals surface area (Å²) in [7, 11) is 0. The van der Waals surface area contributed by atoms with Crippen LogP contribution in [0.4, 0.5) is 5.69 Å². The van der Waals surface area contributed by atoms with E-state index in [1.807, 2.05) is 13.8 Å². The molecule has 1 rings (SSSR count). The van der Waals surface area contributed by atoms with Crippen LogP contribution in [0.2, 0.25) is 0 Å². The van der Waals surface area contributed by atoms with Gasteiger partial charge in [-0.25, -0.2) is 4.79 Å². The normalized spacial score (nSPS) is 11.9. The molecular weight excluding hydrogens is 218 g/mol. The third-order valence-corrected chi connectivity index (χ3v) is 2.58. The van der Waals surface area contributed by atoms with Crippen LogP contribution >= 0.6 is 0 Å². The Labute approximate surface area is 101 Å². The molecule has 1 aromatic rings. The van der Waals surface area contributed by atoms with Crippen LogP contribution in [0.3, 0.4) is 0 Å². The monoisotopic (exact) mass is 235 g/mol. The van der Waals surface area contributed by atoms with Gasteiger partial charge in [0.15, 0.2) is 0 Å². The van der Waals surface area contributed by atoms with Gasteiger partial charge in [0.05, 0.1) is 11.3 Å². The highest BCUT2D eigenvalue weighted by Crippen LogP contribution is 2.17. The summed E-state index contributed by atoms with van der Waals surface area (Å²) in [6, 6.07) is 6.41. The molecule has 1 amide bonds. The number of benzene rings is 1. The molecule has 0 saturated heterocycles. The highest BCUT2D eigenvalue weighted by molar-refractivity contribution is 6.01. The zero-order valence-corrected chi connectivity index (χ0v) is 10.1. The number of nitrogens with one attached hydrogen (secondary N) is 1. The summed E-state index contributed by atoms with van der Waals surface area (Å²) < 4.78 is 0. The maximum absolute atomic E-state index is 11.8. The molecule has 0 fully saturated rings. The van der Waals surface area contributed by atoms with Crippen molar-refractivity contribution in [3.63, 3.8) is 0 Å². The number of hydrogen-bond acceptors (Lipinski definition) is 2. The lowest BCUT2D eigenvalue weighted by molar-refractivity contribution is -0.119. The van der Waals surface area contributed by atoms with Crippen molar-refractivity contribution in [3.8, 4) is 0 Å². The fourth-order valence-corrected chi connectivity index (χ4v) is 1.60. The fraction of sp³-hybridized carbons (Fsp3) is 0.385. The van der Waals surface area contributed by atoms with Crippen molar-refractivity contribution < 1.29 is 14.7 Å². The molecule has 0 saturated carbocycles. The third-order valence-electron chi connectivity index (χ3n) is 2.58. The van der Waals surface area contributed by atoms with Crippen molar-refractivity contribution in [3.05, 3.63) is 29.8 Å². The number of rotatable bonds is 5. The Balaban J connectivity index is 2.81. The van der Waals surface area contributed by atoms with Crippen LogP contribution in [0, 0.1) is 5.92 Å². The van der Waals surface area contributed by atoms with Crippen molar-refractivity contribution in [2.45, 2.75) is 26.7 Å². The van der Waals surface area contributed by atoms with Gasteiger partial charge in [-0.2, -0.15) is 0 Å². The summed E-state index contributed by atoms with van der Waals surface area (Å²) in [6.07, 6.45) is 1.72. The minimum absolute atomic E-state index is 0.109. The van der Waals surface area contributed by atoms with Gasteiger partial charge in [0.25, 0.3) is 0 Å². The molecular formula is C13H17NO3. The second-order valence-corrected chi connectivity index (χ2v) is 4.03. The predicted octanol–water partition coefficient (Wildman–Crippen LogP) is 2.76. The van der Waals surface area contributed by atoms with Gasteiger partial charge in [0, 0.05) is 5.92 Å². The minimum atomic E-state index is -1.04. The molecule has 4 nitrogen and oxygen atoms in total. The SMILES string of the molecule is CCCC(C)C(=O)Nc1ccccc1C(=O)O. The van der Waals surface area contributed by atoms with E-state index in [1.54, 1.807) is 18.2 Å². The Bertz CT molecular complexity index is 415. The first kappa shape index (κ1) is 13.2. The predicted molar refractivity (Wildman–Crippen MR) is 66.1 cm³/mol. The summed E-state index contributed by atoms with van der Waals surface area (Å²) in [5, 5.41) is 11.6.